The van der Waals surface area contributed by atoms with E-state index >= 15 is 0 Å². The van der Waals surface area contributed by atoms with Crippen LogP contribution in [0.4, 0.5) is 16.2 Å². The highest BCUT2D eigenvalue weighted by atomic mass is 16.5. The molecule has 3 heterocycles. The highest BCUT2D eigenvalue weighted by Crippen LogP contribution is 2.33. The van der Waals surface area contributed by atoms with Crippen molar-refractivity contribution in [3.63, 3.8) is 0 Å². The smallest absolute Gasteiger partial charge is 0.312 e. The second kappa shape index (κ2) is 6.55. The fraction of sp³-hybridized carbons (Fsp3) is 0.556. The van der Waals surface area contributed by atoms with Crippen LogP contribution in [-0.4, -0.2) is 50.8 Å². The van der Waals surface area contributed by atoms with Gasteiger partial charge in [0.2, 0.25) is 5.91 Å². The molecule has 0 unspecified atom stereocenters. The van der Waals surface area contributed by atoms with Gasteiger partial charge < -0.3 is 25.6 Å². The van der Waals surface area contributed by atoms with E-state index in [1.165, 1.54) is 5.69 Å². The van der Waals surface area contributed by atoms with Crippen LogP contribution in [0.15, 0.2) is 24.3 Å². The van der Waals surface area contributed by atoms with Crippen molar-refractivity contribution in [3.8, 4) is 0 Å². The van der Waals surface area contributed by atoms with Crippen molar-refractivity contribution in [2.45, 2.75) is 18.9 Å². The predicted octanol–water partition coefficient (Wildman–Crippen LogP) is 0.933. The molecule has 0 aliphatic carbocycles. The van der Waals surface area contributed by atoms with Crippen molar-refractivity contribution in [1.82, 2.24) is 5.32 Å². The van der Waals surface area contributed by atoms with Gasteiger partial charge >= 0.3 is 6.03 Å². The number of hydrogen-bond acceptors (Lipinski definition) is 4. The first-order valence-corrected chi connectivity index (χ1v) is 8.92. The van der Waals surface area contributed by atoms with Crippen LogP contribution in [0.25, 0.3) is 0 Å². The van der Waals surface area contributed by atoms with E-state index in [1.54, 1.807) is 4.90 Å². The lowest BCUT2D eigenvalue weighted by Gasteiger charge is -2.32. The number of amides is 3. The second-order valence-corrected chi connectivity index (χ2v) is 7.17. The summed E-state index contributed by atoms with van der Waals surface area (Å²) in [6.07, 6.45) is 1.48. The summed E-state index contributed by atoms with van der Waals surface area (Å²) in [5.74, 6) is 1.19. The predicted molar refractivity (Wildman–Crippen MR) is 94.5 cm³/mol. The number of carbonyl (C=O) groups excluding carboxylic acids is 2. The van der Waals surface area contributed by atoms with Gasteiger partial charge in [-0.25, -0.2) is 4.79 Å². The molecule has 0 aromatic heterocycles. The lowest BCUT2D eigenvalue weighted by molar-refractivity contribution is -0.121. The third-order valence-corrected chi connectivity index (χ3v) is 5.52. The number of primary amides is 1. The molecule has 0 saturated carbocycles. The normalized spacial score (nSPS) is 29.0. The lowest BCUT2D eigenvalue weighted by Crippen LogP contribution is -2.53. The molecule has 3 saturated heterocycles. The summed E-state index contributed by atoms with van der Waals surface area (Å²) < 4.78 is 5.53. The minimum atomic E-state index is -0.654. The summed E-state index contributed by atoms with van der Waals surface area (Å²) in [7, 11) is 0. The summed E-state index contributed by atoms with van der Waals surface area (Å²) in [4.78, 5) is 27.8. The van der Waals surface area contributed by atoms with Crippen molar-refractivity contribution >= 4 is 23.3 Å². The van der Waals surface area contributed by atoms with Gasteiger partial charge in [0.25, 0.3) is 0 Å². The van der Waals surface area contributed by atoms with Crippen LogP contribution in [0.5, 0.6) is 0 Å². The Kier molecular flexibility index (Phi) is 4.25. The molecule has 0 spiro atoms. The maximum Gasteiger partial charge on any atom is 0.312 e. The molecule has 1 aromatic carbocycles. The van der Waals surface area contributed by atoms with Gasteiger partial charge in [0.1, 0.15) is 6.04 Å². The zero-order chi connectivity index (χ0) is 17.4. The van der Waals surface area contributed by atoms with Crippen molar-refractivity contribution in [1.29, 1.82) is 0 Å². The van der Waals surface area contributed by atoms with Crippen molar-refractivity contribution in [2.75, 3.05) is 42.6 Å². The van der Waals surface area contributed by atoms with Gasteiger partial charge in [-0.15, -0.1) is 0 Å². The first kappa shape index (κ1) is 16.2. The molecule has 1 aromatic rings. The summed E-state index contributed by atoms with van der Waals surface area (Å²) in [6.45, 7) is 4.49. The van der Waals surface area contributed by atoms with Crippen LogP contribution >= 0.6 is 0 Å². The zero-order valence-corrected chi connectivity index (χ0v) is 14.2. The highest BCUT2D eigenvalue weighted by Gasteiger charge is 2.37. The molecule has 3 atom stereocenters. The van der Waals surface area contributed by atoms with E-state index in [0.29, 0.717) is 24.8 Å². The SMILES string of the molecule is NC(=O)N[C@@H]1CCCN(c2ccc(N3C[C@H]4COC[C@H]4C3)cc2)C1=O. The molecule has 0 bridgehead atoms. The first-order chi connectivity index (χ1) is 12.1. The Labute approximate surface area is 147 Å². The molecule has 3 aliphatic rings. The Morgan fingerprint density at radius 2 is 1.76 bits per heavy atom. The second-order valence-electron chi connectivity index (χ2n) is 7.17. The Morgan fingerprint density at radius 1 is 1.12 bits per heavy atom. The topological polar surface area (TPSA) is 87.9 Å². The molecule has 7 heteroatoms. The first-order valence-electron chi connectivity index (χ1n) is 8.92. The lowest BCUT2D eigenvalue weighted by atomic mass is 10.0. The minimum absolute atomic E-state index is 0.0920. The van der Waals surface area contributed by atoms with E-state index in [2.05, 4.69) is 22.3 Å². The molecule has 3 amide bonds. The highest BCUT2D eigenvalue weighted by molar-refractivity contribution is 5.99. The maximum atomic E-state index is 12.6. The molecule has 7 nitrogen and oxygen atoms in total. The van der Waals surface area contributed by atoms with Crippen LogP contribution < -0.4 is 20.9 Å². The van der Waals surface area contributed by atoms with E-state index in [0.717, 1.165) is 38.4 Å². The quantitative estimate of drug-likeness (QED) is 0.854. The van der Waals surface area contributed by atoms with E-state index in [9.17, 15) is 9.59 Å². The van der Waals surface area contributed by atoms with Gasteiger partial charge in [0.15, 0.2) is 0 Å². The number of benzene rings is 1. The van der Waals surface area contributed by atoms with Gasteiger partial charge in [-0.3, -0.25) is 4.79 Å². The van der Waals surface area contributed by atoms with E-state index in [-0.39, 0.29) is 5.91 Å². The summed E-state index contributed by atoms with van der Waals surface area (Å²) >= 11 is 0. The Hall–Kier alpha value is -2.28. The number of nitrogens with two attached hydrogens (primary N) is 1. The summed E-state index contributed by atoms with van der Waals surface area (Å²) in [5, 5.41) is 2.54. The monoisotopic (exact) mass is 344 g/mol. The number of fused-ring (bicyclic) bond motifs is 1. The molecule has 0 radical (unpaired) electrons. The third-order valence-electron chi connectivity index (χ3n) is 5.52. The van der Waals surface area contributed by atoms with Crippen LogP contribution in [0, 0.1) is 11.8 Å². The van der Waals surface area contributed by atoms with Gasteiger partial charge in [-0.05, 0) is 37.1 Å². The van der Waals surface area contributed by atoms with Crippen molar-refractivity contribution in [3.05, 3.63) is 24.3 Å². The van der Waals surface area contributed by atoms with Crippen LogP contribution in [0.2, 0.25) is 0 Å². The fourth-order valence-corrected chi connectivity index (χ4v) is 4.18. The number of nitrogens with zero attached hydrogens (tertiary/aromatic N) is 2. The molecule has 3 fully saturated rings. The van der Waals surface area contributed by atoms with Crippen LogP contribution in [0.3, 0.4) is 0 Å². The Bertz CT molecular complexity index is 651. The van der Waals surface area contributed by atoms with Gasteiger partial charge in [0, 0.05) is 42.8 Å². The van der Waals surface area contributed by atoms with E-state index in [1.807, 2.05) is 12.1 Å². The molecule has 4 rings (SSSR count). The minimum Gasteiger partial charge on any atom is -0.381 e. The summed E-state index contributed by atoms with van der Waals surface area (Å²) in [6, 6.07) is 6.96. The zero-order valence-electron chi connectivity index (χ0n) is 14.2. The molecule has 134 valence electrons. The van der Waals surface area contributed by atoms with Crippen molar-refractivity contribution < 1.29 is 14.3 Å². The number of hydrogen-bond donors (Lipinski definition) is 2. The fourth-order valence-electron chi connectivity index (χ4n) is 4.18. The number of piperidine rings is 1. The number of anilines is 2. The Balaban J connectivity index is 1.45. The van der Waals surface area contributed by atoms with Gasteiger partial charge in [-0.2, -0.15) is 0 Å². The van der Waals surface area contributed by atoms with Crippen LogP contribution in [0.1, 0.15) is 12.8 Å². The average Bonchev–Trinajstić information content (AvgIpc) is 3.18. The van der Waals surface area contributed by atoms with Gasteiger partial charge in [0.05, 0.1) is 13.2 Å². The van der Waals surface area contributed by atoms with Gasteiger partial charge in [-0.1, -0.05) is 0 Å². The number of urea groups is 1. The third kappa shape index (κ3) is 3.16. The van der Waals surface area contributed by atoms with Crippen molar-refractivity contribution in [2.24, 2.45) is 17.6 Å². The number of ether oxygens (including phenoxy) is 1. The standard InChI is InChI=1S/C18H24N4O3/c19-18(24)20-16-2-1-7-22(17(16)23)15-5-3-14(4-6-15)21-8-12-10-25-11-13(12)9-21/h3-6,12-13,16H,1-2,7-11H2,(H3,19,20,24)/t12-,13+,16-/m1/s1. The number of carbonyl (C=O) groups is 2. The van der Waals surface area contributed by atoms with E-state index in [4.69, 9.17) is 10.5 Å². The molecule has 25 heavy (non-hydrogen) atoms. The van der Waals surface area contributed by atoms with Crippen LogP contribution in [-0.2, 0) is 9.53 Å². The molecular weight excluding hydrogens is 320 g/mol. The Morgan fingerprint density at radius 3 is 2.40 bits per heavy atom. The summed E-state index contributed by atoms with van der Waals surface area (Å²) in [5.41, 5.74) is 7.22. The average molecular weight is 344 g/mol. The maximum absolute atomic E-state index is 12.6. The molecule has 3 N–H and O–H groups in total. The number of rotatable bonds is 3. The molecular formula is C18H24N4O3. The van der Waals surface area contributed by atoms with E-state index < -0.39 is 12.1 Å². The number of nitrogens with one attached hydrogen (secondary N) is 1. The molecule has 3 aliphatic heterocycles. The largest absolute Gasteiger partial charge is 0.381 e.